The summed E-state index contributed by atoms with van der Waals surface area (Å²) in [5.41, 5.74) is 1.71. The second-order valence-corrected chi connectivity index (χ2v) is 6.51. The second kappa shape index (κ2) is 10.4. The Morgan fingerprint density at radius 3 is 2.54 bits per heavy atom. The summed E-state index contributed by atoms with van der Waals surface area (Å²) < 4.78 is 10.5. The Morgan fingerprint density at radius 1 is 1.12 bits per heavy atom. The molecule has 0 saturated heterocycles. The highest BCUT2D eigenvalue weighted by Crippen LogP contribution is 2.18. The van der Waals surface area contributed by atoms with Crippen molar-refractivity contribution in [2.24, 2.45) is 0 Å². The maximum Gasteiger partial charge on any atom is 0.304 e. The van der Waals surface area contributed by atoms with E-state index in [1.54, 1.807) is 49.2 Å². The predicted octanol–water partition coefficient (Wildman–Crippen LogP) is 3.42. The van der Waals surface area contributed by atoms with E-state index in [-0.39, 0.29) is 18.9 Å². The van der Waals surface area contributed by atoms with Gasteiger partial charge in [-0.2, -0.15) is 11.8 Å². The van der Waals surface area contributed by atoms with Crippen LogP contribution in [0.5, 0.6) is 11.5 Å². The molecular weight excluding hydrogens is 354 g/mol. The van der Waals surface area contributed by atoms with Crippen LogP contribution in [0.1, 0.15) is 12.0 Å². The van der Waals surface area contributed by atoms with Crippen LogP contribution in [-0.2, 0) is 15.3 Å². The molecule has 2 rings (SSSR count). The first-order chi connectivity index (χ1) is 12.6. The molecule has 7 heteroatoms. The molecule has 0 aliphatic rings. The number of aliphatic carboxylic acids is 1. The van der Waals surface area contributed by atoms with Gasteiger partial charge in [0.15, 0.2) is 6.61 Å². The SMILES string of the molecule is COc1ccc(OCC(=O)Nc2cccc(CSCCC(=O)O)c2)cc1. The van der Waals surface area contributed by atoms with E-state index in [9.17, 15) is 9.59 Å². The molecule has 0 spiro atoms. The van der Waals surface area contributed by atoms with E-state index in [1.165, 1.54) is 0 Å². The number of carboxylic acid groups (broad SMARTS) is 1. The van der Waals surface area contributed by atoms with Crippen molar-refractivity contribution in [2.75, 3.05) is 24.8 Å². The highest BCUT2D eigenvalue weighted by atomic mass is 32.2. The molecule has 138 valence electrons. The summed E-state index contributed by atoms with van der Waals surface area (Å²) in [4.78, 5) is 22.5. The summed E-state index contributed by atoms with van der Waals surface area (Å²) >= 11 is 1.54. The van der Waals surface area contributed by atoms with Gasteiger partial charge in [-0.05, 0) is 42.0 Å². The largest absolute Gasteiger partial charge is 0.497 e. The summed E-state index contributed by atoms with van der Waals surface area (Å²) in [5.74, 6) is 1.51. The van der Waals surface area contributed by atoms with Gasteiger partial charge in [0.05, 0.1) is 13.5 Å². The van der Waals surface area contributed by atoms with Crippen molar-refractivity contribution in [3.05, 3.63) is 54.1 Å². The third kappa shape index (κ3) is 7.06. The van der Waals surface area contributed by atoms with E-state index in [2.05, 4.69) is 5.32 Å². The number of hydrogen-bond acceptors (Lipinski definition) is 5. The fourth-order valence-corrected chi connectivity index (χ4v) is 2.98. The van der Waals surface area contributed by atoms with Crippen molar-refractivity contribution in [3.8, 4) is 11.5 Å². The van der Waals surface area contributed by atoms with Gasteiger partial charge in [0.25, 0.3) is 5.91 Å². The molecule has 2 aromatic carbocycles. The van der Waals surface area contributed by atoms with Crippen molar-refractivity contribution in [2.45, 2.75) is 12.2 Å². The number of methoxy groups -OCH3 is 1. The van der Waals surface area contributed by atoms with Crippen molar-refractivity contribution < 1.29 is 24.2 Å². The monoisotopic (exact) mass is 375 g/mol. The smallest absolute Gasteiger partial charge is 0.304 e. The number of carbonyl (C=O) groups is 2. The quantitative estimate of drug-likeness (QED) is 0.619. The van der Waals surface area contributed by atoms with Gasteiger partial charge < -0.3 is 19.9 Å². The van der Waals surface area contributed by atoms with Crippen LogP contribution in [0, 0.1) is 0 Å². The Balaban J connectivity index is 1.78. The number of hydrogen-bond donors (Lipinski definition) is 2. The minimum Gasteiger partial charge on any atom is -0.497 e. The molecule has 0 aliphatic heterocycles. The van der Waals surface area contributed by atoms with Gasteiger partial charge in [0, 0.05) is 17.2 Å². The van der Waals surface area contributed by atoms with Crippen LogP contribution in [0.3, 0.4) is 0 Å². The Labute approximate surface area is 156 Å². The maximum absolute atomic E-state index is 12.0. The predicted molar refractivity (Wildman–Crippen MR) is 102 cm³/mol. The van der Waals surface area contributed by atoms with E-state index in [1.807, 2.05) is 18.2 Å². The summed E-state index contributed by atoms with van der Waals surface area (Å²) in [7, 11) is 1.59. The topological polar surface area (TPSA) is 84.9 Å². The molecule has 0 saturated carbocycles. The van der Waals surface area contributed by atoms with E-state index >= 15 is 0 Å². The van der Waals surface area contributed by atoms with Gasteiger partial charge in [0.1, 0.15) is 11.5 Å². The normalized spacial score (nSPS) is 10.2. The standard InChI is InChI=1S/C19H21NO5S/c1-24-16-5-7-17(8-6-16)25-12-18(21)20-15-4-2-3-14(11-15)13-26-10-9-19(22)23/h2-8,11H,9-10,12-13H2,1H3,(H,20,21)(H,22,23). The van der Waals surface area contributed by atoms with E-state index in [0.29, 0.717) is 22.9 Å². The molecule has 1 amide bonds. The summed E-state index contributed by atoms with van der Waals surface area (Å²) in [6.07, 6.45) is 0.143. The lowest BCUT2D eigenvalue weighted by Crippen LogP contribution is -2.20. The van der Waals surface area contributed by atoms with Crippen molar-refractivity contribution in [1.29, 1.82) is 0 Å². The van der Waals surface area contributed by atoms with Crippen LogP contribution in [0.4, 0.5) is 5.69 Å². The minimum absolute atomic E-state index is 0.0933. The van der Waals surface area contributed by atoms with Gasteiger partial charge in [-0.15, -0.1) is 0 Å². The molecule has 0 radical (unpaired) electrons. The lowest BCUT2D eigenvalue weighted by molar-refractivity contribution is -0.136. The molecule has 2 aromatic rings. The molecule has 0 unspecified atom stereocenters. The van der Waals surface area contributed by atoms with Gasteiger partial charge in [-0.3, -0.25) is 9.59 Å². The lowest BCUT2D eigenvalue weighted by Gasteiger charge is -2.09. The first-order valence-electron chi connectivity index (χ1n) is 8.02. The van der Waals surface area contributed by atoms with E-state index in [0.717, 1.165) is 11.3 Å². The Bertz CT molecular complexity index is 733. The highest BCUT2D eigenvalue weighted by Gasteiger charge is 2.05. The molecular formula is C19H21NO5S. The number of nitrogens with one attached hydrogen (secondary N) is 1. The summed E-state index contributed by atoms with van der Waals surface area (Å²) in [6, 6.07) is 14.5. The number of carboxylic acids is 1. The summed E-state index contributed by atoms with van der Waals surface area (Å²) in [6.45, 7) is -0.0933. The van der Waals surface area contributed by atoms with Crippen LogP contribution >= 0.6 is 11.8 Å². The summed E-state index contributed by atoms with van der Waals surface area (Å²) in [5, 5.41) is 11.4. The number of benzene rings is 2. The van der Waals surface area contributed by atoms with Crippen LogP contribution in [0.25, 0.3) is 0 Å². The fraction of sp³-hybridized carbons (Fsp3) is 0.263. The Hall–Kier alpha value is -2.67. The number of thioether (sulfide) groups is 1. The average molecular weight is 375 g/mol. The third-order valence-corrected chi connectivity index (χ3v) is 4.40. The molecule has 0 heterocycles. The lowest BCUT2D eigenvalue weighted by atomic mass is 10.2. The molecule has 2 N–H and O–H groups in total. The first-order valence-corrected chi connectivity index (χ1v) is 9.17. The minimum atomic E-state index is -0.796. The van der Waals surface area contributed by atoms with Crippen LogP contribution in [0.2, 0.25) is 0 Å². The van der Waals surface area contributed by atoms with Crippen LogP contribution < -0.4 is 14.8 Å². The number of amides is 1. The number of ether oxygens (including phenoxy) is 2. The van der Waals surface area contributed by atoms with Crippen LogP contribution in [0.15, 0.2) is 48.5 Å². The van der Waals surface area contributed by atoms with Gasteiger partial charge >= 0.3 is 5.97 Å². The van der Waals surface area contributed by atoms with Crippen molar-refractivity contribution in [3.63, 3.8) is 0 Å². The van der Waals surface area contributed by atoms with Crippen molar-refractivity contribution >= 4 is 29.3 Å². The maximum atomic E-state index is 12.0. The second-order valence-electron chi connectivity index (χ2n) is 5.41. The Kier molecular flexibility index (Phi) is 7.82. The zero-order valence-electron chi connectivity index (χ0n) is 14.4. The van der Waals surface area contributed by atoms with E-state index in [4.69, 9.17) is 14.6 Å². The zero-order chi connectivity index (χ0) is 18.8. The van der Waals surface area contributed by atoms with Crippen LogP contribution in [-0.4, -0.2) is 36.5 Å². The van der Waals surface area contributed by atoms with Crippen molar-refractivity contribution in [1.82, 2.24) is 0 Å². The highest BCUT2D eigenvalue weighted by molar-refractivity contribution is 7.98. The molecule has 0 atom stereocenters. The van der Waals surface area contributed by atoms with Gasteiger partial charge in [-0.1, -0.05) is 12.1 Å². The van der Waals surface area contributed by atoms with Gasteiger partial charge in [0.2, 0.25) is 0 Å². The number of rotatable bonds is 10. The molecule has 0 aliphatic carbocycles. The number of anilines is 1. The number of carbonyl (C=O) groups excluding carboxylic acids is 1. The molecule has 26 heavy (non-hydrogen) atoms. The fourth-order valence-electron chi connectivity index (χ4n) is 2.11. The first kappa shape index (κ1) is 19.7. The zero-order valence-corrected chi connectivity index (χ0v) is 15.3. The third-order valence-electron chi connectivity index (χ3n) is 3.37. The van der Waals surface area contributed by atoms with E-state index < -0.39 is 5.97 Å². The molecule has 0 bridgehead atoms. The molecule has 0 fully saturated rings. The average Bonchev–Trinajstić information content (AvgIpc) is 2.64. The molecule has 0 aromatic heterocycles. The molecule has 6 nitrogen and oxygen atoms in total. The van der Waals surface area contributed by atoms with Gasteiger partial charge in [-0.25, -0.2) is 0 Å². The Morgan fingerprint density at radius 2 is 1.85 bits per heavy atom.